The highest BCUT2D eigenvalue weighted by molar-refractivity contribution is 5.43. The van der Waals surface area contributed by atoms with Crippen LogP contribution in [0.5, 0.6) is 0 Å². The van der Waals surface area contributed by atoms with Gasteiger partial charge in [0.15, 0.2) is 0 Å². The lowest BCUT2D eigenvalue weighted by Crippen LogP contribution is -2.02. The fourth-order valence-electron chi connectivity index (χ4n) is 1.05. The van der Waals surface area contributed by atoms with Crippen LogP contribution in [0.1, 0.15) is 11.1 Å². The molecule has 0 bridgehead atoms. The average molecular weight is 182 g/mol. The standard InChI is InChI=1S/C8H10N2O3/c9-4-7-2-1-6(5-11)3-8(7)10(12)13/h1-3,11H,4-5,9H2. The number of nitro groups is 1. The molecule has 0 amide bonds. The van der Waals surface area contributed by atoms with E-state index < -0.39 is 4.92 Å². The zero-order valence-electron chi connectivity index (χ0n) is 6.93. The highest BCUT2D eigenvalue weighted by Gasteiger charge is 2.12. The van der Waals surface area contributed by atoms with Crippen molar-refractivity contribution < 1.29 is 10.0 Å². The van der Waals surface area contributed by atoms with Crippen molar-refractivity contribution in [3.8, 4) is 0 Å². The van der Waals surface area contributed by atoms with E-state index in [0.717, 1.165) is 0 Å². The first-order valence-corrected chi connectivity index (χ1v) is 3.76. The molecule has 0 atom stereocenters. The molecule has 0 aliphatic heterocycles. The van der Waals surface area contributed by atoms with Crippen LogP contribution < -0.4 is 5.73 Å². The van der Waals surface area contributed by atoms with Gasteiger partial charge in [-0.2, -0.15) is 0 Å². The fraction of sp³-hybridized carbons (Fsp3) is 0.250. The molecule has 13 heavy (non-hydrogen) atoms. The normalized spacial score (nSPS) is 10.0. The van der Waals surface area contributed by atoms with Crippen LogP contribution in [-0.4, -0.2) is 10.0 Å². The summed E-state index contributed by atoms with van der Waals surface area (Å²) < 4.78 is 0. The molecular formula is C8H10N2O3. The fourth-order valence-corrected chi connectivity index (χ4v) is 1.05. The van der Waals surface area contributed by atoms with Crippen molar-refractivity contribution >= 4 is 5.69 Å². The average Bonchev–Trinajstić information content (AvgIpc) is 2.16. The second-order valence-corrected chi connectivity index (χ2v) is 2.58. The molecule has 0 heterocycles. The van der Waals surface area contributed by atoms with E-state index in [4.69, 9.17) is 10.8 Å². The molecule has 3 N–H and O–H groups in total. The molecular weight excluding hydrogens is 172 g/mol. The van der Waals surface area contributed by atoms with Crippen LogP contribution in [0.15, 0.2) is 18.2 Å². The molecule has 0 aromatic heterocycles. The molecule has 1 aromatic carbocycles. The Morgan fingerprint density at radius 2 is 2.23 bits per heavy atom. The van der Waals surface area contributed by atoms with Gasteiger partial charge in [-0.3, -0.25) is 10.1 Å². The maximum Gasteiger partial charge on any atom is 0.274 e. The summed E-state index contributed by atoms with van der Waals surface area (Å²) in [6.45, 7) is -0.0757. The van der Waals surface area contributed by atoms with Crippen molar-refractivity contribution in [3.05, 3.63) is 39.4 Å². The zero-order valence-corrected chi connectivity index (χ0v) is 6.93. The molecule has 0 spiro atoms. The van der Waals surface area contributed by atoms with E-state index in [1.807, 2.05) is 0 Å². The van der Waals surface area contributed by atoms with Gasteiger partial charge in [-0.05, 0) is 5.56 Å². The van der Waals surface area contributed by atoms with Crippen LogP contribution in [0.4, 0.5) is 5.69 Å². The Kier molecular flexibility index (Phi) is 2.94. The second kappa shape index (κ2) is 3.97. The lowest BCUT2D eigenvalue weighted by molar-refractivity contribution is -0.385. The molecule has 0 unspecified atom stereocenters. The largest absolute Gasteiger partial charge is 0.392 e. The third-order valence-corrected chi connectivity index (χ3v) is 1.75. The van der Waals surface area contributed by atoms with Gasteiger partial charge in [0.2, 0.25) is 0 Å². The number of nitrogens with two attached hydrogens (primary N) is 1. The summed E-state index contributed by atoms with van der Waals surface area (Å²) in [5.74, 6) is 0. The Morgan fingerprint density at radius 3 is 2.69 bits per heavy atom. The number of hydrogen-bond acceptors (Lipinski definition) is 4. The highest BCUT2D eigenvalue weighted by Crippen LogP contribution is 2.19. The number of aliphatic hydroxyl groups is 1. The van der Waals surface area contributed by atoms with Crippen LogP contribution in [0, 0.1) is 10.1 Å². The Balaban J connectivity index is 3.18. The van der Waals surface area contributed by atoms with Crippen LogP contribution in [-0.2, 0) is 13.2 Å². The summed E-state index contributed by atoms with van der Waals surface area (Å²) in [7, 11) is 0. The lowest BCUT2D eigenvalue weighted by atomic mass is 10.1. The molecule has 1 rings (SSSR count). The zero-order chi connectivity index (χ0) is 9.84. The molecule has 1 aromatic rings. The number of nitrogens with zero attached hydrogens (tertiary/aromatic N) is 1. The van der Waals surface area contributed by atoms with Crippen LogP contribution in [0.2, 0.25) is 0 Å². The van der Waals surface area contributed by atoms with E-state index in [1.54, 1.807) is 12.1 Å². The molecule has 5 nitrogen and oxygen atoms in total. The topological polar surface area (TPSA) is 89.4 Å². The third-order valence-electron chi connectivity index (χ3n) is 1.75. The van der Waals surface area contributed by atoms with Crippen LogP contribution >= 0.6 is 0 Å². The summed E-state index contributed by atoms with van der Waals surface area (Å²) in [6, 6.07) is 4.51. The molecule has 5 heteroatoms. The van der Waals surface area contributed by atoms with Gasteiger partial charge < -0.3 is 10.8 Å². The number of rotatable bonds is 3. The van der Waals surface area contributed by atoms with Crippen molar-refractivity contribution in [2.45, 2.75) is 13.2 Å². The highest BCUT2D eigenvalue weighted by atomic mass is 16.6. The Morgan fingerprint density at radius 1 is 1.54 bits per heavy atom. The van der Waals surface area contributed by atoms with Gasteiger partial charge in [0.05, 0.1) is 11.5 Å². The minimum atomic E-state index is -0.499. The minimum Gasteiger partial charge on any atom is -0.392 e. The Labute approximate surface area is 74.9 Å². The SMILES string of the molecule is NCc1ccc(CO)cc1[N+](=O)[O-]. The quantitative estimate of drug-likeness (QED) is 0.527. The van der Waals surface area contributed by atoms with Crippen molar-refractivity contribution in [1.82, 2.24) is 0 Å². The Bertz CT molecular complexity index is 325. The van der Waals surface area contributed by atoms with E-state index >= 15 is 0 Å². The molecule has 0 aliphatic rings. The predicted molar refractivity (Wildman–Crippen MR) is 46.9 cm³/mol. The number of nitro benzene ring substituents is 1. The van der Waals surface area contributed by atoms with Gasteiger partial charge in [-0.1, -0.05) is 12.1 Å². The lowest BCUT2D eigenvalue weighted by Gasteiger charge is -2.01. The molecule has 0 radical (unpaired) electrons. The number of benzene rings is 1. The third kappa shape index (κ3) is 2.01. The maximum atomic E-state index is 10.5. The molecule has 0 fully saturated rings. The summed E-state index contributed by atoms with van der Waals surface area (Å²) >= 11 is 0. The summed E-state index contributed by atoms with van der Waals surface area (Å²) in [5.41, 5.74) is 6.27. The van der Waals surface area contributed by atoms with Gasteiger partial charge in [-0.25, -0.2) is 0 Å². The van der Waals surface area contributed by atoms with Gasteiger partial charge in [0.25, 0.3) is 5.69 Å². The second-order valence-electron chi connectivity index (χ2n) is 2.58. The first-order chi connectivity index (χ1) is 6.19. The van der Waals surface area contributed by atoms with Gasteiger partial charge in [0.1, 0.15) is 0 Å². The van der Waals surface area contributed by atoms with Crippen molar-refractivity contribution in [2.24, 2.45) is 5.73 Å². The molecule has 0 aliphatic carbocycles. The first kappa shape index (κ1) is 9.63. The maximum absolute atomic E-state index is 10.5. The number of aliphatic hydroxyl groups excluding tert-OH is 1. The Hall–Kier alpha value is -1.46. The molecule has 0 saturated carbocycles. The monoisotopic (exact) mass is 182 g/mol. The number of hydrogen-bond donors (Lipinski definition) is 2. The summed E-state index contributed by atoms with van der Waals surface area (Å²) in [4.78, 5) is 10.0. The van der Waals surface area contributed by atoms with Gasteiger partial charge in [0, 0.05) is 18.2 Å². The van der Waals surface area contributed by atoms with Crippen molar-refractivity contribution in [1.29, 1.82) is 0 Å². The molecule has 70 valence electrons. The minimum absolute atomic E-state index is 0.0333. The van der Waals surface area contributed by atoms with E-state index in [9.17, 15) is 10.1 Å². The van der Waals surface area contributed by atoms with Crippen molar-refractivity contribution in [3.63, 3.8) is 0 Å². The van der Waals surface area contributed by atoms with Crippen LogP contribution in [0.25, 0.3) is 0 Å². The smallest absolute Gasteiger partial charge is 0.274 e. The van der Waals surface area contributed by atoms with Gasteiger partial charge >= 0.3 is 0 Å². The van der Waals surface area contributed by atoms with E-state index in [0.29, 0.717) is 11.1 Å². The summed E-state index contributed by atoms with van der Waals surface area (Å²) in [5, 5.41) is 19.3. The van der Waals surface area contributed by atoms with E-state index in [1.165, 1.54) is 6.07 Å². The molecule has 0 saturated heterocycles. The van der Waals surface area contributed by atoms with Gasteiger partial charge in [-0.15, -0.1) is 0 Å². The first-order valence-electron chi connectivity index (χ1n) is 3.76. The predicted octanol–water partition coefficient (Wildman–Crippen LogP) is 0.546. The van der Waals surface area contributed by atoms with Crippen LogP contribution in [0.3, 0.4) is 0 Å². The van der Waals surface area contributed by atoms with E-state index in [2.05, 4.69) is 0 Å². The summed E-state index contributed by atoms with van der Waals surface area (Å²) in [6.07, 6.45) is 0. The van der Waals surface area contributed by atoms with E-state index in [-0.39, 0.29) is 18.8 Å². The van der Waals surface area contributed by atoms with Crippen molar-refractivity contribution in [2.75, 3.05) is 0 Å².